The van der Waals surface area contributed by atoms with Crippen LogP contribution in [0.1, 0.15) is 38.3 Å². The summed E-state index contributed by atoms with van der Waals surface area (Å²) in [6.45, 7) is 3.98. The van der Waals surface area contributed by atoms with Crippen molar-refractivity contribution in [3.05, 3.63) is 34.3 Å². The maximum atomic E-state index is 11.7. The molecule has 94 valence electrons. The van der Waals surface area contributed by atoms with Crippen LogP contribution in [-0.2, 0) is 4.79 Å². The summed E-state index contributed by atoms with van der Waals surface area (Å²) >= 11 is 3.38. The van der Waals surface area contributed by atoms with Gasteiger partial charge < -0.3 is 11.1 Å². The molecule has 0 aliphatic rings. The Morgan fingerprint density at radius 1 is 1.41 bits per heavy atom. The van der Waals surface area contributed by atoms with Crippen LogP contribution in [0.3, 0.4) is 0 Å². The summed E-state index contributed by atoms with van der Waals surface area (Å²) in [5, 5.41) is 2.92. The second-order valence-corrected chi connectivity index (χ2v) is 5.09. The fourth-order valence-electron chi connectivity index (χ4n) is 1.60. The zero-order valence-corrected chi connectivity index (χ0v) is 11.8. The van der Waals surface area contributed by atoms with Gasteiger partial charge in [-0.1, -0.05) is 41.4 Å². The third-order valence-electron chi connectivity index (χ3n) is 2.67. The van der Waals surface area contributed by atoms with Crippen molar-refractivity contribution < 1.29 is 4.79 Å². The molecule has 0 saturated carbocycles. The van der Waals surface area contributed by atoms with E-state index in [1.165, 1.54) is 0 Å². The fourth-order valence-corrected chi connectivity index (χ4v) is 1.86. The van der Waals surface area contributed by atoms with Crippen LogP contribution >= 0.6 is 15.9 Å². The lowest BCUT2D eigenvalue weighted by Gasteiger charge is -2.17. The molecule has 2 atom stereocenters. The van der Waals surface area contributed by atoms with E-state index in [1.807, 2.05) is 38.1 Å². The standard InChI is InChI=1S/C13H19BrN2O/c1-3-4-12(15)13(17)16-9(2)10-5-7-11(14)8-6-10/h5-9,12H,3-4,15H2,1-2H3,(H,16,17)/t9-,12+/m0/s1. The number of hydrogen-bond acceptors (Lipinski definition) is 2. The zero-order chi connectivity index (χ0) is 12.8. The highest BCUT2D eigenvalue weighted by Gasteiger charge is 2.15. The summed E-state index contributed by atoms with van der Waals surface area (Å²) < 4.78 is 1.03. The Morgan fingerprint density at radius 2 is 2.00 bits per heavy atom. The largest absolute Gasteiger partial charge is 0.348 e. The van der Waals surface area contributed by atoms with Gasteiger partial charge in [0.1, 0.15) is 0 Å². The molecule has 1 aromatic carbocycles. The lowest BCUT2D eigenvalue weighted by molar-refractivity contribution is -0.123. The van der Waals surface area contributed by atoms with E-state index in [4.69, 9.17) is 5.73 Å². The monoisotopic (exact) mass is 298 g/mol. The molecule has 0 saturated heterocycles. The van der Waals surface area contributed by atoms with Gasteiger partial charge in [0.05, 0.1) is 12.1 Å². The molecule has 3 nitrogen and oxygen atoms in total. The summed E-state index contributed by atoms with van der Waals surface area (Å²) in [5.41, 5.74) is 6.83. The van der Waals surface area contributed by atoms with Gasteiger partial charge in [-0.25, -0.2) is 0 Å². The van der Waals surface area contributed by atoms with Crippen LogP contribution in [0.4, 0.5) is 0 Å². The third-order valence-corrected chi connectivity index (χ3v) is 3.19. The normalized spacial score (nSPS) is 14.1. The summed E-state index contributed by atoms with van der Waals surface area (Å²) in [7, 11) is 0. The van der Waals surface area contributed by atoms with E-state index >= 15 is 0 Å². The lowest BCUT2D eigenvalue weighted by Crippen LogP contribution is -2.41. The van der Waals surface area contributed by atoms with Crippen LogP contribution in [0, 0.1) is 0 Å². The third kappa shape index (κ3) is 4.48. The molecule has 17 heavy (non-hydrogen) atoms. The van der Waals surface area contributed by atoms with Crippen LogP contribution in [0.25, 0.3) is 0 Å². The first-order chi connectivity index (χ1) is 8.04. The molecule has 0 heterocycles. The number of amides is 1. The molecule has 0 bridgehead atoms. The Kier molecular flexibility index (Phi) is 5.65. The van der Waals surface area contributed by atoms with Crippen LogP contribution in [0.5, 0.6) is 0 Å². The molecule has 1 rings (SSSR count). The molecular formula is C13H19BrN2O. The van der Waals surface area contributed by atoms with Gasteiger partial charge >= 0.3 is 0 Å². The minimum Gasteiger partial charge on any atom is -0.348 e. The van der Waals surface area contributed by atoms with E-state index in [1.54, 1.807) is 0 Å². The summed E-state index contributed by atoms with van der Waals surface area (Å²) in [6, 6.07) is 7.48. The molecule has 0 fully saturated rings. The van der Waals surface area contributed by atoms with Gasteiger partial charge in [0.15, 0.2) is 0 Å². The highest BCUT2D eigenvalue weighted by molar-refractivity contribution is 9.10. The van der Waals surface area contributed by atoms with Crippen LogP contribution in [0.2, 0.25) is 0 Å². The molecule has 0 unspecified atom stereocenters. The Morgan fingerprint density at radius 3 is 2.53 bits per heavy atom. The predicted molar refractivity (Wildman–Crippen MR) is 73.6 cm³/mol. The highest BCUT2D eigenvalue weighted by atomic mass is 79.9. The first kappa shape index (κ1) is 14.2. The molecule has 1 amide bonds. The highest BCUT2D eigenvalue weighted by Crippen LogP contribution is 2.16. The molecule has 0 spiro atoms. The Labute approximate surface area is 111 Å². The number of nitrogens with two attached hydrogens (primary N) is 1. The van der Waals surface area contributed by atoms with Gasteiger partial charge in [-0.15, -0.1) is 0 Å². The molecule has 0 aliphatic heterocycles. The van der Waals surface area contributed by atoms with Crippen molar-refractivity contribution in [2.24, 2.45) is 5.73 Å². The van der Waals surface area contributed by atoms with Gasteiger partial charge in [-0.05, 0) is 31.0 Å². The van der Waals surface area contributed by atoms with Gasteiger partial charge in [0.25, 0.3) is 0 Å². The molecule has 3 N–H and O–H groups in total. The zero-order valence-electron chi connectivity index (χ0n) is 10.2. The van der Waals surface area contributed by atoms with Crippen molar-refractivity contribution in [2.45, 2.75) is 38.8 Å². The first-order valence-corrected chi connectivity index (χ1v) is 6.65. The van der Waals surface area contributed by atoms with Crippen molar-refractivity contribution in [1.29, 1.82) is 0 Å². The quantitative estimate of drug-likeness (QED) is 0.878. The summed E-state index contributed by atoms with van der Waals surface area (Å²) in [4.78, 5) is 11.7. The number of carbonyl (C=O) groups excluding carboxylic acids is 1. The Bertz CT molecular complexity index is 364. The summed E-state index contributed by atoms with van der Waals surface area (Å²) in [6.07, 6.45) is 1.64. The predicted octanol–water partition coefficient (Wildman–Crippen LogP) is 2.75. The average Bonchev–Trinajstić information content (AvgIpc) is 2.30. The number of benzene rings is 1. The summed E-state index contributed by atoms with van der Waals surface area (Å²) in [5.74, 6) is -0.0812. The molecule has 4 heteroatoms. The Balaban J connectivity index is 2.57. The maximum Gasteiger partial charge on any atom is 0.237 e. The van der Waals surface area contributed by atoms with E-state index in [2.05, 4.69) is 21.2 Å². The minimum absolute atomic E-state index is 0.0153. The number of hydrogen-bond donors (Lipinski definition) is 2. The van der Waals surface area contributed by atoms with E-state index in [0.29, 0.717) is 0 Å². The topological polar surface area (TPSA) is 55.1 Å². The molecule has 0 aromatic heterocycles. The number of carbonyl (C=O) groups is 1. The second-order valence-electron chi connectivity index (χ2n) is 4.18. The van der Waals surface area contributed by atoms with Gasteiger partial charge in [0, 0.05) is 4.47 Å². The van der Waals surface area contributed by atoms with E-state index in [9.17, 15) is 4.79 Å². The lowest BCUT2D eigenvalue weighted by atomic mass is 10.1. The van der Waals surface area contributed by atoms with Gasteiger partial charge in [-0.2, -0.15) is 0 Å². The number of halogens is 1. The smallest absolute Gasteiger partial charge is 0.237 e. The average molecular weight is 299 g/mol. The van der Waals surface area contributed by atoms with Crippen LogP contribution in [-0.4, -0.2) is 11.9 Å². The van der Waals surface area contributed by atoms with Gasteiger partial charge in [-0.3, -0.25) is 4.79 Å². The first-order valence-electron chi connectivity index (χ1n) is 5.86. The minimum atomic E-state index is -0.405. The SMILES string of the molecule is CCC[C@@H](N)C(=O)N[C@@H](C)c1ccc(Br)cc1. The number of nitrogens with one attached hydrogen (secondary N) is 1. The van der Waals surface area contributed by atoms with Crippen molar-refractivity contribution in [3.63, 3.8) is 0 Å². The van der Waals surface area contributed by atoms with Crippen molar-refractivity contribution in [2.75, 3.05) is 0 Å². The fraction of sp³-hybridized carbons (Fsp3) is 0.462. The molecule has 1 aromatic rings. The Hall–Kier alpha value is -0.870. The van der Waals surface area contributed by atoms with Crippen molar-refractivity contribution in [1.82, 2.24) is 5.32 Å². The van der Waals surface area contributed by atoms with E-state index < -0.39 is 6.04 Å². The van der Waals surface area contributed by atoms with Crippen LogP contribution in [0.15, 0.2) is 28.7 Å². The van der Waals surface area contributed by atoms with E-state index in [0.717, 1.165) is 22.9 Å². The molecular weight excluding hydrogens is 280 g/mol. The van der Waals surface area contributed by atoms with Gasteiger partial charge in [0.2, 0.25) is 5.91 Å². The van der Waals surface area contributed by atoms with Crippen molar-refractivity contribution >= 4 is 21.8 Å². The number of rotatable bonds is 5. The molecule has 0 radical (unpaired) electrons. The van der Waals surface area contributed by atoms with Crippen LogP contribution < -0.4 is 11.1 Å². The van der Waals surface area contributed by atoms with E-state index in [-0.39, 0.29) is 11.9 Å². The maximum absolute atomic E-state index is 11.7. The van der Waals surface area contributed by atoms with Crippen molar-refractivity contribution in [3.8, 4) is 0 Å². The second kappa shape index (κ2) is 6.77. The molecule has 0 aliphatic carbocycles.